The van der Waals surface area contributed by atoms with Gasteiger partial charge in [0.25, 0.3) is 5.56 Å². The van der Waals surface area contributed by atoms with Crippen molar-refractivity contribution in [1.29, 1.82) is 0 Å². The summed E-state index contributed by atoms with van der Waals surface area (Å²) < 4.78 is 29.0. The van der Waals surface area contributed by atoms with Crippen molar-refractivity contribution >= 4 is 24.4 Å². The summed E-state index contributed by atoms with van der Waals surface area (Å²) >= 11 is 0. The average Bonchev–Trinajstić information content (AvgIpc) is 2.98. The van der Waals surface area contributed by atoms with Crippen LogP contribution in [0.15, 0.2) is 28.4 Å². The van der Waals surface area contributed by atoms with E-state index >= 15 is 0 Å². The summed E-state index contributed by atoms with van der Waals surface area (Å²) in [6, 6.07) is 0. The molecule has 1 aliphatic rings. The zero-order valence-corrected chi connectivity index (χ0v) is 16.7. The third-order valence-corrected chi connectivity index (χ3v) is 8.13. The van der Waals surface area contributed by atoms with Crippen molar-refractivity contribution in [3.63, 3.8) is 0 Å². The molecule has 1 aromatic heterocycles. The van der Waals surface area contributed by atoms with Crippen molar-refractivity contribution in [3.05, 3.63) is 45.3 Å². The van der Waals surface area contributed by atoms with Gasteiger partial charge in [-0.2, -0.15) is 0 Å². The first-order chi connectivity index (χ1) is 12.1. The number of aromatic nitrogens is 2. The van der Waals surface area contributed by atoms with Gasteiger partial charge in [0.1, 0.15) is 13.0 Å². The first kappa shape index (κ1) is 20.6. The minimum Gasteiger partial charge on any atom is -0.351 e. The van der Waals surface area contributed by atoms with Crippen LogP contribution in [0.3, 0.4) is 0 Å². The van der Waals surface area contributed by atoms with Crippen LogP contribution in [0.5, 0.6) is 0 Å². The van der Waals surface area contributed by atoms with Crippen molar-refractivity contribution in [2.24, 2.45) is 0 Å². The molecule has 0 spiro atoms. The minimum atomic E-state index is -0.518. The number of hydrogen-bond acceptors (Lipinski definition) is 6. The molecule has 0 amide bonds. The molecule has 0 saturated carbocycles. The lowest BCUT2D eigenvalue weighted by molar-refractivity contribution is -0.0994. The smallest absolute Gasteiger partial charge is 0.330 e. The van der Waals surface area contributed by atoms with E-state index in [1.54, 1.807) is 13.0 Å². The SMILES string of the molecule is C=CCOCOC1C[C@H](n2cc(C)c(=O)[nH]c2=O)O[C@@H]1CPPP=O. The predicted octanol–water partition coefficient (Wildman–Crippen LogP) is 2.16. The second-order valence-corrected chi connectivity index (χ2v) is 10.9. The molecule has 1 fully saturated rings. The number of nitrogens with zero attached hydrogens (tertiary/aromatic N) is 1. The van der Waals surface area contributed by atoms with Crippen molar-refractivity contribution in [2.75, 3.05) is 19.6 Å². The molecular formula is C14H21N2O6P3. The molecule has 5 atom stereocenters. The topological polar surface area (TPSA) is 99.6 Å². The fraction of sp³-hybridized carbons (Fsp3) is 0.571. The summed E-state index contributed by atoms with van der Waals surface area (Å²) in [5.74, 6) is 0. The van der Waals surface area contributed by atoms with E-state index in [4.69, 9.17) is 14.2 Å². The van der Waals surface area contributed by atoms with Crippen LogP contribution in [0.25, 0.3) is 0 Å². The molecule has 1 aliphatic heterocycles. The Labute approximate surface area is 149 Å². The van der Waals surface area contributed by atoms with Gasteiger partial charge in [-0.1, -0.05) is 14.3 Å². The number of hydrogen-bond donors (Lipinski definition) is 1. The monoisotopic (exact) mass is 406 g/mol. The highest BCUT2D eigenvalue weighted by molar-refractivity contribution is 8.40. The Morgan fingerprint density at radius 1 is 1.56 bits per heavy atom. The van der Waals surface area contributed by atoms with Gasteiger partial charge in [0.2, 0.25) is 0 Å². The van der Waals surface area contributed by atoms with Crippen LogP contribution in [0.2, 0.25) is 0 Å². The molecule has 0 aliphatic carbocycles. The van der Waals surface area contributed by atoms with E-state index in [0.29, 0.717) is 41.0 Å². The molecule has 1 saturated heterocycles. The highest BCUT2D eigenvalue weighted by Crippen LogP contribution is 2.48. The second kappa shape index (κ2) is 10.4. The molecular weight excluding hydrogens is 385 g/mol. The van der Waals surface area contributed by atoms with Crippen molar-refractivity contribution in [2.45, 2.75) is 31.8 Å². The molecule has 0 aromatic carbocycles. The van der Waals surface area contributed by atoms with Crippen molar-refractivity contribution in [1.82, 2.24) is 9.55 Å². The highest BCUT2D eigenvalue weighted by Gasteiger charge is 2.37. The van der Waals surface area contributed by atoms with E-state index in [0.717, 1.165) is 0 Å². The summed E-state index contributed by atoms with van der Waals surface area (Å²) in [7, 11) is 0.966. The predicted molar refractivity (Wildman–Crippen MR) is 99.6 cm³/mol. The maximum Gasteiger partial charge on any atom is 0.330 e. The Bertz CT molecular complexity index is 707. The lowest BCUT2D eigenvalue weighted by Gasteiger charge is -2.18. The molecule has 0 radical (unpaired) electrons. The largest absolute Gasteiger partial charge is 0.351 e. The van der Waals surface area contributed by atoms with Crippen molar-refractivity contribution < 1.29 is 18.8 Å². The van der Waals surface area contributed by atoms with Crippen LogP contribution in [-0.2, 0) is 18.8 Å². The zero-order valence-electron chi connectivity index (χ0n) is 13.8. The maximum atomic E-state index is 12.1. The molecule has 1 N–H and O–H groups in total. The van der Waals surface area contributed by atoms with E-state index in [-0.39, 0.29) is 27.1 Å². The third kappa shape index (κ3) is 5.89. The van der Waals surface area contributed by atoms with Gasteiger partial charge in [0.05, 0.1) is 18.8 Å². The fourth-order valence-corrected chi connectivity index (χ4v) is 5.66. The number of H-pyrrole nitrogens is 1. The Morgan fingerprint density at radius 3 is 3.08 bits per heavy atom. The quantitative estimate of drug-likeness (QED) is 0.277. The standard InChI is InChI=1S/C14H21N2O6P3/c1-3-4-20-8-21-10-5-12(22-11(10)7-23-25-24-19)16-6-9(2)13(17)15-14(16)18/h3,6,10-12,23,25H,1,4-5,7-8H2,2H3,(H,15,17,18)/t10?,11-,12-/m1/s1. The van der Waals surface area contributed by atoms with E-state index < -0.39 is 17.5 Å². The molecule has 2 rings (SSSR count). The van der Waals surface area contributed by atoms with Gasteiger partial charge < -0.3 is 14.2 Å². The lowest BCUT2D eigenvalue weighted by atomic mass is 10.2. The van der Waals surface area contributed by atoms with E-state index in [2.05, 4.69) is 11.6 Å². The van der Waals surface area contributed by atoms with Gasteiger partial charge in [0.15, 0.2) is 8.15 Å². The van der Waals surface area contributed by atoms with Gasteiger partial charge in [-0.25, -0.2) is 4.79 Å². The second-order valence-electron chi connectivity index (χ2n) is 5.41. The summed E-state index contributed by atoms with van der Waals surface area (Å²) in [5, 5.41) is 0. The average molecular weight is 406 g/mol. The van der Waals surface area contributed by atoms with Gasteiger partial charge in [-0.15, -0.1) is 6.58 Å². The van der Waals surface area contributed by atoms with E-state index in [1.807, 2.05) is 0 Å². The van der Waals surface area contributed by atoms with Crippen LogP contribution in [0, 0.1) is 6.92 Å². The molecule has 3 unspecified atom stereocenters. The normalized spacial score (nSPS) is 24.1. The Balaban J connectivity index is 2.09. The molecule has 138 valence electrons. The number of aryl methyl sites for hydroxylation is 1. The van der Waals surface area contributed by atoms with Crippen LogP contribution in [0.1, 0.15) is 18.2 Å². The van der Waals surface area contributed by atoms with Crippen LogP contribution in [0.4, 0.5) is 0 Å². The van der Waals surface area contributed by atoms with Gasteiger partial charge in [0, 0.05) is 18.2 Å². The molecule has 25 heavy (non-hydrogen) atoms. The van der Waals surface area contributed by atoms with Crippen molar-refractivity contribution in [3.8, 4) is 0 Å². The van der Waals surface area contributed by atoms with Gasteiger partial charge in [-0.05, 0) is 21.0 Å². The molecule has 11 heteroatoms. The van der Waals surface area contributed by atoms with Crippen LogP contribution in [-0.4, -0.2) is 41.3 Å². The molecule has 2 heterocycles. The van der Waals surface area contributed by atoms with E-state index in [1.165, 1.54) is 10.8 Å². The number of nitrogens with one attached hydrogen (secondary N) is 1. The molecule has 8 nitrogen and oxygen atoms in total. The number of aromatic amines is 1. The first-order valence-corrected chi connectivity index (χ1v) is 12.5. The third-order valence-electron chi connectivity index (χ3n) is 3.67. The summed E-state index contributed by atoms with van der Waals surface area (Å²) in [5.41, 5.74) is -0.476. The Morgan fingerprint density at radius 2 is 2.36 bits per heavy atom. The Kier molecular flexibility index (Phi) is 8.57. The van der Waals surface area contributed by atoms with Gasteiger partial charge in [-0.3, -0.25) is 18.9 Å². The summed E-state index contributed by atoms with van der Waals surface area (Å²) in [6.07, 6.45) is 3.32. The highest BCUT2D eigenvalue weighted by atomic mass is 32.4. The Hall–Kier alpha value is -0.740. The summed E-state index contributed by atoms with van der Waals surface area (Å²) in [4.78, 5) is 25.9. The first-order valence-electron chi connectivity index (χ1n) is 7.64. The fourth-order valence-electron chi connectivity index (χ4n) is 2.48. The zero-order chi connectivity index (χ0) is 18.2. The molecule has 1 aromatic rings. The van der Waals surface area contributed by atoms with Crippen LogP contribution < -0.4 is 11.2 Å². The summed E-state index contributed by atoms with van der Waals surface area (Å²) in [6.45, 7) is 5.70. The minimum absolute atomic E-state index is 0.105. The maximum absolute atomic E-state index is 12.1. The van der Waals surface area contributed by atoms with E-state index in [9.17, 15) is 14.2 Å². The number of ether oxygens (including phenoxy) is 3. The van der Waals surface area contributed by atoms with Crippen LogP contribution >= 0.6 is 24.4 Å². The molecule has 0 bridgehead atoms. The lowest BCUT2D eigenvalue weighted by Crippen LogP contribution is -2.33. The van der Waals surface area contributed by atoms with Gasteiger partial charge >= 0.3 is 5.69 Å². The number of rotatable bonds is 10.